The lowest BCUT2D eigenvalue weighted by atomic mass is 10.1. The van der Waals surface area contributed by atoms with Crippen molar-refractivity contribution in [2.75, 3.05) is 5.32 Å². The number of halogens is 1. The second-order valence-electron chi connectivity index (χ2n) is 6.94. The van der Waals surface area contributed by atoms with Gasteiger partial charge in [-0.2, -0.15) is 9.78 Å². The Morgan fingerprint density at radius 1 is 1.03 bits per heavy atom. The van der Waals surface area contributed by atoms with Gasteiger partial charge in [0.25, 0.3) is 5.91 Å². The Hall–Kier alpha value is -3.32. The number of carbonyl (C=O) groups excluding carboxylic acids is 1. The normalized spacial score (nSPS) is 10.9. The summed E-state index contributed by atoms with van der Waals surface area (Å²) in [4.78, 5) is 17.4. The third kappa shape index (κ3) is 4.09. The zero-order valence-corrected chi connectivity index (χ0v) is 17.0. The van der Waals surface area contributed by atoms with Crippen LogP contribution in [0.2, 0.25) is 0 Å². The molecule has 0 aliphatic heterocycles. The van der Waals surface area contributed by atoms with Crippen LogP contribution in [0, 0.1) is 26.6 Å². The molecule has 0 radical (unpaired) electrons. The number of hydrogen-bond donors (Lipinski definition) is 1. The third-order valence-electron chi connectivity index (χ3n) is 4.37. The number of hydrogen-bond acceptors (Lipinski definition) is 4. The molecule has 0 saturated heterocycles. The molecule has 0 spiro atoms. The minimum Gasteiger partial charge on any atom is -0.306 e. The number of nitrogens with one attached hydrogen (secondary N) is 1. The molecule has 4 rings (SSSR count). The first-order chi connectivity index (χ1) is 13.9. The number of nitrogens with zero attached hydrogens (tertiary/aromatic N) is 3. The van der Waals surface area contributed by atoms with Crippen LogP contribution in [-0.2, 0) is 0 Å². The van der Waals surface area contributed by atoms with Crippen molar-refractivity contribution in [3.05, 3.63) is 82.1 Å². The number of amides is 1. The molecule has 7 heteroatoms. The van der Waals surface area contributed by atoms with Crippen LogP contribution in [0.3, 0.4) is 0 Å². The predicted octanol–water partition coefficient (Wildman–Crippen LogP) is 5.31. The van der Waals surface area contributed by atoms with Crippen molar-refractivity contribution in [1.29, 1.82) is 0 Å². The fourth-order valence-electron chi connectivity index (χ4n) is 3.14. The highest BCUT2D eigenvalue weighted by atomic mass is 32.1. The van der Waals surface area contributed by atoms with Gasteiger partial charge < -0.3 is 5.32 Å². The Balaban J connectivity index is 1.63. The summed E-state index contributed by atoms with van der Waals surface area (Å²) in [7, 11) is 0. The van der Waals surface area contributed by atoms with Crippen molar-refractivity contribution in [3.63, 3.8) is 0 Å². The van der Waals surface area contributed by atoms with E-state index in [4.69, 9.17) is 0 Å². The van der Waals surface area contributed by atoms with E-state index in [1.54, 1.807) is 22.9 Å². The van der Waals surface area contributed by atoms with Crippen LogP contribution in [0.5, 0.6) is 0 Å². The lowest BCUT2D eigenvalue weighted by Gasteiger charge is -2.08. The van der Waals surface area contributed by atoms with E-state index < -0.39 is 0 Å². The molecule has 0 atom stereocenters. The summed E-state index contributed by atoms with van der Waals surface area (Å²) in [5.74, 6) is 0.0585. The van der Waals surface area contributed by atoms with Gasteiger partial charge in [-0.25, -0.2) is 9.37 Å². The first-order valence-electron chi connectivity index (χ1n) is 9.07. The molecule has 29 heavy (non-hydrogen) atoms. The van der Waals surface area contributed by atoms with Gasteiger partial charge in [0.15, 0.2) is 0 Å². The molecule has 0 bridgehead atoms. The van der Waals surface area contributed by atoms with E-state index in [0.29, 0.717) is 16.5 Å². The Morgan fingerprint density at radius 2 is 1.72 bits per heavy atom. The van der Waals surface area contributed by atoms with Gasteiger partial charge in [0.2, 0.25) is 5.13 Å². The monoisotopic (exact) mass is 406 g/mol. The van der Waals surface area contributed by atoms with Gasteiger partial charge in [-0.3, -0.25) is 4.79 Å². The summed E-state index contributed by atoms with van der Waals surface area (Å²) >= 11 is 1.40. The van der Waals surface area contributed by atoms with Crippen LogP contribution in [0.1, 0.15) is 27.2 Å². The van der Waals surface area contributed by atoms with E-state index in [1.165, 1.54) is 23.5 Å². The van der Waals surface area contributed by atoms with Crippen molar-refractivity contribution in [2.45, 2.75) is 20.8 Å². The molecule has 0 saturated carbocycles. The predicted molar refractivity (Wildman–Crippen MR) is 113 cm³/mol. The van der Waals surface area contributed by atoms with E-state index in [1.807, 2.05) is 44.4 Å². The van der Waals surface area contributed by atoms with Gasteiger partial charge in [-0.05, 0) is 57.2 Å². The minimum atomic E-state index is -0.289. The number of thiazole rings is 1. The molecule has 4 aromatic rings. The number of rotatable bonds is 4. The number of aromatic nitrogens is 3. The van der Waals surface area contributed by atoms with E-state index in [0.717, 1.165) is 28.1 Å². The van der Waals surface area contributed by atoms with Crippen LogP contribution in [0.25, 0.3) is 16.4 Å². The molecule has 2 aromatic heterocycles. The van der Waals surface area contributed by atoms with Gasteiger partial charge in [-0.15, -0.1) is 11.3 Å². The summed E-state index contributed by atoms with van der Waals surface area (Å²) in [6.45, 7) is 5.78. The maximum absolute atomic E-state index is 13.2. The first kappa shape index (κ1) is 19.0. The quantitative estimate of drug-likeness (QED) is 0.499. The molecule has 2 aromatic carbocycles. The fourth-order valence-corrected chi connectivity index (χ4v) is 3.94. The number of aryl methyl sites for hydroxylation is 3. The number of anilines is 1. The summed E-state index contributed by atoms with van der Waals surface area (Å²) in [6, 6.07) is 13.7. The highest BCUT2D eigenvalue weighted by molar-refractivity contribution is 7.12. The lowest BCUT2D eigenvalue weighted by molar-refractivity contribution is 0.102. The average molecular weight is 406 g/mol. The molecule has 0 unspecified atom stereocenters. The second-order valence-corrected chi connectivity index (χ2v) is 7.77. The van der Waals surface area contributed by atoms with Crippen LogP contribution in [-0.4, -0.2) is 20.7 Å². The zero-order valence-electron chi connectivity index (χ0n) is 16.2. The summed E-state index contributed by atoms with van der Waals surface area (Å²) in [6.07, 6.45) is 0. The van der Waals surface area contributed by atoms with Crippen molar-refractivity contribution >= 4 is 23.1 Å². The van der Waals surface area contributed by atoms with E-state index in [2.05, 4.69) is 15.4 Å². The lowest BCUT2D eigenvalue weighted by Crippen LogP contribution is -2.15. The van der Waals surface area contributed by atoms with E-state index in [-0.39, 0.29) is 11.7 Å². The average Bonchev–Trinajstić information content (AvgIpc) is 3.28. The van der Waals surface area contributed by atoms with Crippen LogP contribution < -0.4 is 5.32 Å². The first-order valence-corrected chi connectivity index (χ1v) is 9.95. The van der Waals surface area contributed by atoms with Crippen molar-refractivity contribution in [1.82, 2.24) is 14.8 Å². The topological polar surface area (TPSA) is 59.8 Å². The van der Waals surface area contributed by atoms with Crippen LogP contribution in [0.4, 0.5) is 10.2 Å². The fraction of sp³-hybridized carbons (Fsp3) is 0.136. The zero-order chi connectivity index (χ0) is 20.5. The maximum atomic E-state index is 13.2. The van der Waals surface area contributed by atoms with Crippen LogP contribution in [0.15, 0.2) is 53.9 Å². The number of carbonyl (C=O) groups is 1. The summed E-state index contributed by atoms with van der Waals surface area (Å²) < 4.78 is 14.8. The molecule has 0 aliphatic carbocycles. The summed E-state index contributed by atoms with van der Waals surface area (Å²) in [5, 5.41) is 9.91. The molecule has 0 fully saturated rings. The van der Waals surface area contributed by atoms with Gasteiger partial charge in [-0.1, -0.05) is 17.2 Å². The molecular formula is C22H19FN4OS. The van der Waals surface area contributed by atoms with E-state index in [9.17, 15) is 9.18 Å². The smallest absolute Gasteiger partial charge is 0.256 e. The van der Waals surface area contributed by atoms with E-state index >= 15 is 0 Å². The molecule has 2 heterocycles. The van der Waals surface area contributed by atoms with Crippen molar-refractivity contribution in [3.8, 4) is 16.4 Å². The standard InChI is InChI=1S/C22H19FN4OS/c1-13-8-14(2)10-17(9-13)21(28)25-20-11-15(3)26-27(20)22-24-19(12-29-22)16-4-6-18(23)7-5-16/h4-12H,1-3H3,(H,25,28). The summed E-state index contributed by atoms with van der Waals surface area (Å²) in [5.41, 5.74) is 4.97. The molecule has 5 nitrogen and oxygen atoms in total. The molecule has 1 N–H and O–H groups in total. The molecular weight excluding hydrogens is 387 g/mol. The minimum absolute atomic E-state index is 0.201. The molecule has 1 amide bonds. The van der Waals surface area contributed by atoms with Gasteiger partial charge in [0.05, 0.1) is 11.4 Å². The SMILES string of the molecule is Cc1cc(C)cc(C(=O)Nc2cc(C)nn2-c2nc(-c3ccc(F)cc3)cs2)c1. The van der Waals surface area contributed by atoms with Gasteiger partial charge in [0.1, 0.15) is 11.6 Å². The Labute approximate surface area is 171 Å². The Bertz CT molecular complexity index is 1170. The van der Waals surface area contributed by atoms with Crippen molar-refractivity contribution in [2.24, 2.45) is 0 Å². The van der Waals surface area contributed by atoms with Crippen LogP contribution >= 0.6 is 11.3 Å². The molecule has 0 aliphatic rings. The largest absolute Gasteiger partial charge is 0.306 e. The highest BCUT2D eigenvalue weighted by Crippen LogP contribution is 2.27. The number of benzene rings is 2. The highest BCUT2D eigenvalue weighted by Gasteiger charge is 2.16. The third-order valence-corrected chi connectivity index (χ3v) is 5.19. The van der Waals surface area contributed by atoms with Gasteiger partial charge >= 0.3 is 0 Å². The second kappa shape index (κ2) is 7.60. The maximum Gasteiger partial charge on any atom is 0.256 e. The van der Waals surface area contributed by atoms with Crippen molar-refractivity contribution < 1.29 is 9.18 Å². The Kier molecular flexibility index (Phi) is 4.98. The Morgan fingerprint density at radius 3 is 2.41 bits per heavy atom. The van der Waals surface area contributed by atoms with Gasteiger partial charge in [0, 0.05) is 22.6 Å². The molecule has 146 valence electrons.